The van der Waals surface area contributed by atoms with E-state index in [0.717, 1.165) is 5.52 Å². The first-order chi connectivity index (χ1) is 9.70. The molecule has 3 rings (SSSR count). The van der Waals surface area contributed by atoms with Gasteiger partial charge in [0.25, 0.3) is 0 Å². The summed E-state index contributed by atoms with van der Waals surface area (Å²) in [5, 5.41) is 7.48. The average molecular weight is 290 g/mol. The Kier molecular flexibility index (Phi) is 3.08. The Morgan fingerprint density at radius 2 is 2.15 bits per heavy atom. The molecule has 7 heteroatoms. The molecule has 0 saturated heterocycles. The monoisotopic (exact) mass is 289 g/mol. The molecule has 0 radical (unpaired) electrons. The van der Waals surface area contributed by atoms with Crippen molar-refractivity contribution in [2.24, 2.45) is 0 Å². The van der Waals surface area contributed by atoms with Crippen LogP contribution in [0.25, 0.3) is 5.52 Å². The van der Waals surface area contributed by atoms with Crippen molar-refractivity contribution in [2.75, 3.05) is 18.1 Å². The van der Waals surface area contributed by atoms with Crippen LogP contribution >= 0.6 is 11.6 Å². The number of rotatable bonds is 3. The second kappa shape index (κ2) is 4.90. The summed E-state index contributed by atoms with van der Waals surface area (Å²) in [4.78, 5) is 4.05. The van der Waals surface area contributed by atoms with E-state index < -0.39 is 0 Å². The number of nitrogens with two attached hydrogens (primary N) is 1. The van der Waals surface area contributed by atoms with Gasteiger partial charge in [0.1, 0.15) is 16.4 Å². The average Bonchev–Trinajstić information content (AvgIpc) is 2.86. The number of ether oxygens (including phenoxy) is 1. The minimum atomic E-state index is 0.324. The van der Waals surface area contributed by atoms with Crippen molar-refractivity contribution in [1.82, 2.24) is 14.6 Å². The SMILES string of the molecule is CNc1c(N)ncc(Oc2cnn3ccccc23)c1Cl. The predicted octanol–water partition coefficient (Wildman–Crippen LogP) is 2.80. The van der Waals surface area contributed by atoms with Crippen LogP contribution < -0.4 is 15.8 Å². The number of hydrogen-bond donors (Lipinski definition) is 2. The number of aromatic nitrogens is 3. The second-order valence-electron chi connectivity index (χ2n) is 4.09. The van der Waals surface area contributed by atoms with Gasteiger partial charge in [-0.1, -0.05) is 17.7 Å². The van der Waals surface area contributed by atoms with Crippen molar-refractivity contribution in [3.8, 4) is 11.5 Å². The fraction of sp³-hybridized carbons (Fsp3) is 0.0769. The van der Waals surface area contributed by atoms with Crippen LogP contribution in [-0.2, 0) is 0 Å². The van der Waals surface area contributed by atoms with E-state index >= 15 is 0 Å². The molecule has 0 aromatic carbocycles. The Bertz CT molecular complexity index is 771. The van der Waals surface area contributed by atoms with E-state index in [1.165, 1.54) is 6.20 Å². The van der Waals surface area contributed by atoms with Gasteiger partial charge in [0.05, 0.1) is 18.1 Å². The summed E-state index contributed by atoms with van der Waals surface area (Å²) in [6.07, 6.45) is 4.95. The summed E-state index contributed by atoms with van der Waals surface area (Å²) < 4.78 is 7.50. The van der Waals surface area contributed by atoms with Gasteiger partial charge in [-0.3, -0.25) is 0 Å². The van der Waals surface area contributed by atoms with Gasteiger partial charge in [0, 0.05) is 13.2 Å². The first kappa shape index (κ1) is 12.6. The third-order valence-electron chi connectivity index (χ3n) is 2.87. The van der Waals surface area contributed by atoms with Crippen LogP contribution in [-0.4, -0.2) is 21.6 Å². The predicted molar refractivity (Wildman–Crippen MR) is 78.5 cm³/mol. The molecule has 102 valence electrons. The van der Waals surface area contributed by atoms with E-state index in [9.17, 15) is 0 Å². The molecule has 3 aromatic rings. The topological polar surface area (TPSA) is 77.5 Å². The molecule has 0 unspecified atom stereocenters. The van der Waals surface area contributed by atoms with E-state index in [2.05, 4.69) is 15.4 Å². The molecule has 0 atom stereocenters. The standard InChI is InChI=1S/C13H12ClN5O/c1-16-12-11(14)10(6-17-13(12)15)20-9-7-18-19-5-3-2-4-8(9)19/h2-7,16H,1H3,(H2,15,17). The van der Waals surface area contributed by atoms with Gasteiger partial charge in [-0.2, -0.15) is 5.10 Å². The number of pyridine rings is 2. The van der Waals surface area contributed by atoms with Crippen LogP contribution in [0.1, 0.15) is 0 Å². The van der Waals surface area contributed by atoms with Crippen LogP contribution in [0, 0.1) is 0 Å². The lowest BCUT2D eigenvalue weighted by atomic mass is 10.3. The molecule has 0 spiro atoms. The smallest absolute Gasteiger partial charge is 0.173 e. The molecule has 3 heterocycles. The van der Waals surface area contributed by atoms with Crippen LogP contribution in [0.15, 0.2) is 36.8 Å². The van der Waals surface area contributed by atoms with Crippen molar-refractivity contribution < 1.29 is 4.74 Å². The summed E-state index contributed by atoms with van der Waals surface area (Å²) >= 11 is 6.25. The molecule has 0 fully saturated rings. The van der Waals surface area contributed by atoms with E-state index in [4.69, 9.17) is 22.1 Å². The third-order valence-corrected chi connectivity index (χ3v) is 3.25. The zero-order chi connectivity index (χ0) is 14.1. The lowest BCUT2D eigenvalue weighted by Crippen LogP contribution is -2.00. The zero-order valence-corrected chi connectivity index (χ0v) is 11.4. The van der Waals surface area contributed by atoms with Crippen molar-refractivity contribution in [3.63, 3.8) is 0 Å². The van der Waals surface area contributed by atoms with E-state index in [-0.39, 0.29) is 0 Å². The van der Waals surface area contributed by atoms with Crippen molar-refractivity contribution >= 4 is 28.6 Å². The van der Waals surface area contributed by atoms with Crippen LogP contribution in [0.3, 0.4) is 0 Å². The number of nitrogen functional groups attached to an aromatic ring is 1. The molecule has 20 heavy (non-hydrogen) atoms. The Hall–Kier alpha value is -2.47. The number of hydrogen-bond acceptors (Lipinski definition) is 5. The number of nitrogens with zero attached hydrogens (tertiary/aromatic N) is 3. The summed E-state index contributed by atoms with van der Waals surface area (Å²) in [5.41, 5.74) is 7.12. The fourth-order valence-corrected chi connectivity index (χ4v) is 2.18. The van der Waals surface area contributed by atoms with Crippen molar-refractivity contribution in [2.45, 2.75) is 0 Å². The molecular weight excluding hydrogens is 278 g/mol. The van der Waals surface area contributed by atoms with Gasteiger partial charge in [-0.15, -0.1) is 0 Å². The van der Waals surface area contributed by atoms with E-state index in [1.807, 2.05) is 24.4 Å². The maximum absolute atomic E-state index is 6.25. The van der Waals surface area contributed by atoms with Gasteiger partial charge >= 0.3 is 0 Å². The Labute approximate surface area is 120 Å². The minimum absolute atomic E-state index is 0.324. The third kappa shape index (κ3) is 2.00. The number of anilines is 2. The molecule has 0 amide bonds. The minimum Gasteiger partial charge on any atom is -0.450 e. The second-order valence-corrected chi connectivity index (χ2v) is 4.47. The van der Waals surface area contributed by atoms with Gasteiger partial charge in [-0.05, 0) is 12.1 Å². The van der Waals surface area contributed by atoms with Gasteiger partial charge < -0.3 is 15.8 Å². The Morgan fingerprint density at radius 3 is 2.95 bits per heavy atom. The molecule has 0 saturated carbocycles. The van der Waals surface area contributed by atoms with Crippen LogP contribution in [0.4, 0.5) is 11.5 Å². The van der Waals surface area contributed by atoms with Crippen LogP contribution in [0.5, 0.6) is 11.5 Å². The molecule has 0 aliphatic heterocycles. The molecule has 0 aliphatic rings. The molecule has 6 nitrogen and oxygen atoms in total. The van der Waals surface area contributed by atoms with Crippen molar-refractivity contribution in [1.29, 1.82) is 0 Å². The maximum Gasteiger partial charge on any atom is 0.173 e. The Balaban J connectivity index is 2.03. The lowest BCUT2D eigenvalue weighted by Gasteiger charge is -2.11. The highest BCUT2D eigenvalue weighted by Gasteiger charge is 2.14. The quantitative estimate of drug-likeness (QED) is 0.775. The van der Waals surface area contributed by atoms with E-state index in [0.29, 0.717) is 28.0 Å². The summed E-state index contributed by atoms with van der Waals surface area (Å²) in [6, 6.07) is 5.70. The summed E-state index contributed by atoms with van der Waals surface area (Å²) in [5.74, 6) is 1.34. The molecule has 3 N–H and O–H groups in total. The van der Waals surface area contributed by atoms with Gasteiger partial charge in [0.15, 0.2) is 11.5 Å². The van der Waals surface area contributed by atoms with E-state index in [1.54, 1.807) is 17.8 Å². The first-order valence-corrected chi connectivity index (χ1v) is 6.30. The number of nitrogens with one attached hydrogen (secondary N) is 1. The molecular formula is C13H12ClN5O. The highest BCUT2D eigenvalue weighted by atomic mass is 35.5. The zero-order valence-electron chi connectivity index (χ0n) is 10.7. The molecule has 0 aliphatic carbocycles. The highest BCUT2D eigenvalue weighted by molar-refractivity contribution is 6.35. The fourth-order valence-electron chi connectivity index (χ4n) is 1.90. The number of halogens is 1. The van der Waals surface area contributed by atoms with Gasteiger partial charge in [0.2, 0.25) is 0 Å². The highest BCUT2D eigenvalue weighted by Crippen LogP contribution is 2.37. The largest absolute Gasteiger partial charge is 0.450 e. The van der Waals surface area contributed by atoms with Crippen LogP contribution in [0.2, 0.25) is 5.02 Å². The number of fused-ring (bicyclic) bond motifs is 1. The molecule has 3 aromatic heterocycles. The first-order valence-electron chi connectivity index (χ1n) is 5.92. The summed E-state index contributed by atoms with van der Waals surface area (Å²) in [6.45, 7) is 0. The lowest BCUT2D eigenvalue weighted by molar-refractivity contribution is 0.486. The maximum atomic E-state index is 6.25. The van der Waals surface area contributed by atoms with Crippen molar-refractivity contribution in [3.05, 3.63) is 41.8 Å². The molecule has 0 bridgehead atoms. The summed E-state index contributed by atoms with van der Waals surface area (Å²) in [7, 11) is 1.72. The van der Waals surface area contributed by atoms with Gasteiger partial charge in [-0.25, -0.2) is 9.50 Å². The normalized spacial score (nSPS) is 10.7. The Morgan fingerprint density at radius 1 is 1.30 bits per heavy atom.